The van der Waals surface area contributed by atoms with Crippen molar-refractivity contribution >= 4 is 11.5 Å². The van der Waals surface area contributed by atoms with Gasteiger partial charge in [0.15, 0.2) is 0 Å². The van der Waals surface area contributed by atoms with Crippen molar-refractivity contribution in [3.63, 3.8) is 0 Å². The molecule has 0 saturated heterocycles. The predicted molar refractivity (Wildman–Crippen MR) is 65.6 cm³/mol. The van der Waals surface area contributed by atoms with E-state index in [0.717, 1.165) is 11.1 Å². The first kappa shape index (κ1) is 11.1. The van der Waals surface area contributed by atoms with E-state index < -0.39 is 0 Å². The molecule has 18 heavy (non-hydrogen) atoms. The lowest BCUT2D eigenvalue weighted by Crippen LogP contribution is -2.42. The summed E-state index contributed by atoms with van der Waals surface area (Å²) in [7, 11) is 0. The second kappa shape index (κ2) is 4.33. The highest BCUT2D eigenvalue weighted by Gasteiger charge is 2.34. The van der Waals surface area contributed by atoms with Gasteiger partial charge in [0.25, 0.3) is 5.91 Å². The highest BCUT2D eigenvalue weighted by molar-refractivity contribution is 6.04. The number of hydrogen-bond acceptors (Lipinski definition) is 2. The van der Waals surface area contributed by atoms with Crippen molar-refractivity contribution in [1.29, 1.82) is 0 Å². The van der Waals surface area contributed by atoms with Crippen molar-refractivity contribution < 1.29 is 9.53 Å². The van der Waals surface area contributed by atoms with Gasteiger partial charge in [0.05, 0.1) is 18.7 Å². The summed E-state index contributed by atoms with van der Waals surface area (Å²) in [5.74, 6) is 0.398. The van der Waals surface area contributed by atoms with E-state index in [2.05, 4.69) is 31.2 Å². The van der Waals surface area contributed by atoms with Gasteiger partial charge in [-0.3, -0.25) is 4.79 Å². The molecular formula is C15H9NO2. The van der Waals surface area contributed by atoms with Crippen LogP contribution in [0.25, 0.3) is 5.57 Å². The lowest BCUT2D eigenvalue weighted by molar-refractivity contribution is 0.0944. The van der Waals surface area contributed by atoms with Gasteiger partial charge in [0.2, 0.25) is 0 Å². The predicted octanol–water partition coefficient (Wildman–Crippen LogP) is 1.93. The largest absolute Gasteiger partial charge is 0.469 e. The molecule has 1 aliphatic heterocycles. The monoisotopic (exact) mass is 235 g/mol. The van der Waals surface area contributed by atoms with E-state index in [1.165, 1.54) is 6.26 Å². The van der Waals surface area contributed by atoms with Crippen molar-refractivity contribution in [2.24, 2.45) is 0 Å². The maximum Gasteiger partial charge on any atom is 0.252 e. The molecular weight excluding hydrogens is 226 g/mol. The maximum absolute atomic E-state index is 11.9. The van der Waals surface area contributed by atoms with Crippen LogP contribution in [0.15, 0.2) is 42.9 Å². The zero-order valence-electron chi connectivity index (χ0n) is 9.49. The number of amides is 1. The van der Waals surface area contributed by atoms with Crippen molar-refractivity contribution in [3.8, 4) is 0 Å². The number of ether oxygens (including phenoxy) is 1. The number of fused-ring (bicyclic) bond motifs is 3. The minimum atomic E-state index is -0.344. The van der Waals surface area contributed by atoms with Gasteiger partial charge >= 0.3 is 0 Å². The molecule has 3 nitrogen and oxygen atoms in total. The quantitative estimate of drug-likeness (QED) is 0.795. The van der Waals surface area contributed by atoms with Crippen molar-refractivity contribution in [2.45, 2.75) is 6.04 Å². The van der Waals surface area contributed by atoms with Crippen LogP contribution in [0.2, 0.25) is 0 Å². The first-order chi connectivity index (χ1) is 8.81. The van der Waals surface area contributed by atoms with Gasteiger partial charge in [-0.25, -0.2) is 0 Å². The number of carbonyl (C=O) groups excluding carboxylic acids is 1. The minimum Gasteiger partial charge on any atom is -0.469 e. The average Bonchev–Trinajstić information content (AvgIpc) is 2.39. The van der Waals surface area contributed by atoms with Crippen LogP contribution in [0, 0.1) is 19.3 Å². The third-order valence-corrected chi connectivity index (χ3v) is 2.86. The Morgan fingerprint density at radius 2 is 2.11 bits per heavy atom. The minimum absolute atomic E-state index is 0.117. The molecule has 3 heteroatoms. The Labute approximate surface area is 106 Å². The molecule has 0 aromatic heterocycles. The fourth-order valence-electron chi connectivity index (χ4n) is 2.12. The van der Waals surface area contributed by atoms with Gasteiger partial charge in [-0.15, -0.1) is 0 Å². The van der Waals surface area contributed by atoms with E-state index in [1.807, 2.05) is 18.2 Å². The molecule has 2 aliphatic rings. The Morgan fingerprint density at radius 1 is 1.33 bits per heavy atom. The van der Waals surface area contributed by atoms with Crippen LogP contribution in [0.4, 0.5) is 0 Å². The van der Waals surface area contributed by atoms with Gasteiger partial charge in [-0.1, -0.05) is 24.8 Å². The molecule has 1 amide bonds. The van der Waals surface area contributed by atoms with Crippen LogP contribution in [-0.4, -0.2) is 11.9 Å². The van der Waals surface area contributed by atoms with Crippen LogP contribution < -0.4 is 5.32 Å². The van der Waals surface area contributed by atoms with Crippen molar-refractivity contribution in [2.75, 3.05) is 0 Å². The molecule has 0 saturated carbocycles. The summed E-state index contributed by atoms with van der Waals surface area (Å²) in [5.41, 5.74) is 2.30. The van der Waals surface area contributed by atoms with Gasteiger partial charge in [0.1, 0.15) is 5.76 Å². The first-order valence-corrected chi connectivity index (χ1v) is 5.50. The van der Waals surface area contributed by atoms with E-state index in [-0.39, 0.29) is 11.9 Å². The van der Waals surface area contributed by atoms with E-state index in [0.29, 0.717) is 11.3 Å². The number of hydrogen-bond donors (Lipinski definition) is 1. The molecule has 1 heterocycles. The lowest BCUT2D eigenvalue weighted by atomic mass is 9.82. The molecule has 1 atom stereocenters. The number of allylic oxidation sites excluding steroid dienone is 1. The molecule has 1 unspecified atom stereocenters. The maximum atomic E-state index is 11.9. The second-order valence-corrected chi connectivity index (χ2v) is 3.87. The van der Waals surface area contributed by atoms with Crippen LogP contribution in [0.5, 0.6) is 0 Å². The zero-order chi connectivity index (χ0) is 12.5. The Bertz CT molecular complexity index is 545. The summed E-state index contributed by atoms with van der Waals surface area (Å²) >= 11 is 0. The third-order valence-electron chi connectivity index (χ3n) is 2.86. The fraction of sp³-hybridized carbons (Fsp3) is 0.0667. The molecule has 86 valence electrons. The van der Waals surface area contributed by atoms with Crippen LogP contribution >= 0.6 is 0 Å². The number of benzene rings is 1. The first-order valence-electron chi connectivity index (χ1n) is 5.50. The zero-order valence-corrected chi connectivity index (χ0v) is 9.49. The van der Waals surface area contributed by atoms with Gasteiger partial charge in [-0.2, -0.15) is 0 Å². The molecule has 1 aromatic rings. The summed E-state index contributed by atoms with van der Waals surface area (Å²) in [5, 5.41) is 2.84. The molecule has 1 N–H and O–H groups in total. The van der Waals surface area contributed by atoms with Crippen LogP contribution in [-0.2, 0) is 4.74 Å². The second-order valence-electron chi connectivity index (χ2n) is 3.87. The topological polar surface area (TPSA) is 38.3 Å². The van der Waals surface area contributed by atoms with E-state index in [9.17, 15) is 4.79 Å². The van der Waals surface area contributed by atoms with Gasteiger partial charge in [-0.05, 0) is 11.6 Å². The lowest BCUT2D eigenvalue weighted by Gasteiger charge is -2.32. The summed E-state index contributed by atoms with van der Waals surface area (Å²) in [6.45, 7) is 3.53. The molecule has 1 aliphatic carbocycles. The van der Waals surface area contributed by atoms with E-state index in [1.54, 1.807) is 6.07 Å². The van der Waals surface area contributed by atoms with Gasteiger partial charge < -0.3 is 10.1 Å². The Balaban J connectivity index is 2.19. The average molecular weight is 235 g/mol. The van der Waals surface area contributed by atoms with Crippen LogP contribution in [0.1, 0.15) is 15.9 Å². The highest BCUT2D eigenvalue weighted by atomic mass is 16.5. The Morgan fingerprint density at radius 3 is 2.89 bits per heavy atom. The van der Waals surface area contributed by atoms with Crippen molar-refractivity contribution in [3.05, 3.63) is 73.3 Å². The third kappa shape index (κ3) is 1.63. The fourth-order valence-corrected chi connectivity index (χ4v) is 2.12. The Kier molecular flexibility index (Phi) is 2.67. The highest BCUT2D eigenvalue weighted by Crippen LogP contribution is 2.36. The SMILES string of the molecule is C=COC1=C2c3ccccc3C(=O)NC2[C][C][C]1. The summed E-state index contributed by atoms with van der Waals surface area (Å²) in [6.07, 6.45) is 9.82. The number of nitrogens with one attached hydrogen (secondary N) is 1. The molecule has 1 aromatic carbocycles. The summed E-state index contributed by atoms with van der Waals surface area (Å²) in [4.78, 5) is 11.9. The molecule has 0 spiro atoms. The molecule has 3 rings (SSSR count). The smallest absolute Gasteiger partial charge is 0.252 e. The standard InChI is InChI=1S/C15H9NO2/c1-2-18-13-9-5-8-12-14(13)10-6-3-4-7-11(10)15(17)16-12/h2-4,6-7,12H,1H2,(H,16,17). The van der Waals surface area contributed by atoms with Crippen molar-refractivity contribution in [1.82, 2.24) is 5.32 Å². The van der Waals surface area contributed by atoms with Crippen LogP contribution in [0.3, 0.4) is 0 Å². The van der Waals surface area contributed by atoms with E-state index in [4.69, 9.17) is 4.74 Å². The summed E-state index contributed by atoms with van der Waals surface area (Å²) < 4.78 is 5.32. The van der Waals surface area contributed by atoms with E-state index >= 15 is 0 Å². The number of carbonyl (C=O) groups is 1. The number of rotatable bonds is 2. The molecule has 6 radical (unpaired) electrons. The molecule has 0 bridgehead atoms. The Hall–Kier alpha value is -2.03. The summed E-state index contributed by atoms with van der Waals surface area (Å²) in [6, 6.07) is 7.03. The van der Waals surface area contributed by atoms with Gasteiger partial charge in [0, 0.05) is 24.0 Å². The normalized spacial score (nSPS) is 21.8. The molecule has 0 fully saturated rings.